The molecule has 0 atom stereocenters. The third kappa shape index (κ3) is 3.89. The second kappa shape index (κ2) is 8.88. The minimum absolute atomic E-state index is 0.0535. The Kier molecular flexibility index (Phi) is 6.19. The number of rotatable bonds is 4. The molecule has 9 nitrogen and oxygen atoms in total. The summed E-state index contributed by atoms with van der Waals surface area (Å²) in [5, 5.41) is 7.65. The highest BCUT2D eigenvalue weighted by Crippen LogP contribution is 2.38. The zero-order valence-corrected chi connectivity index (χ0v) is 18.6. The molecule has 1 N–H and O–H groups in total. The molecule has 0 aliphatic carbocycles. The summed E-state index contributed by atoms with van der Waals surface area (Å²) in [4.78, 5) is 19.8. The summed E-state index contributed by atoms with van der Waals surface area (Å²) in [5.41, 5.74) is 1.95. The summed E-state index contributed by atoms with van der Waals surface area (Å²) in [5.74, 6) is -0.113. The van der Waals surface area contributed by atoms with Gasteiger partial charge in [-0.2, -0.15) is 9.49 Å². The van der Waals surface area contributed by atoms with E-state index in [0.717, 1.165) is 24.1 Å². The lowest BCUT2D eigenvalue weighted by Gasteiger charge is -2.30. The SMILES string of the molecule is CNC(=O)N1CCc2c(c(N(C)c3ncc(Cl)c(OC)c3F)nn2C2CCOCC2)C1. The van der Waals surface area contributed by atoms with Crippen molar-refractivity contribution in [2.45, 2.75) is 31.8 Å². The number of nitrogens with one attached hydrogen (secondary N) is 1. The van der Waals surface area contributed by atoms with Gasteiger partial charge in [-0.05, 0) is 12.8 Å². The van der Waals surface area contributed by atoms with Gasteiger partial charge in [0.05, 0.1) is 25.9 Å². The van der Waals surface area contributed by atoms with Crippen LogP contribution in [0.1, 0.15) is 30.1 Å². The Hall–Kier alpha value is -2.59. The van der Waals surface area contributed by atoms with Gasteiger partial charge < -0.3 is 24.6 Å². The van der Waals surface area contributed by atoms with Gasteiger partial charge in [0.1, 0.15) is 5.02 Å². The second-order valence-corrected chi connectivity index (χ2v) is 8.01. The number of aromatic nitrogens is 3. The summed E-state index contributed by atoms with van der Waals surface area (Å²) in [7, 11) is 4.67. The number of methoxy groups -OCH3 is 1. The number of hydrogen-bond donors (Lipinski definition) is 1. The fraction of sp³-hybridized carbons (Fsp3) is 0.550. The molecule has 0 unspecified atom stereocenters. The number of urea groups is 1. The second-order valence-electron chi connectivity index (χ2n) is 7.60. The Morgan fingerprint density at radius 1 is 1.39 bits per heavy atom. The van der Waals surface area contributed by atoms with Crippen LogP contribution in [-0.4, -0.2) is 66.7 Å². The van der Waals surface area contributed by atoms with Crippen molar-refractivity contribution < 1.29 is 18.7 Å². The lowest BCUT2D eigenvalue weighted by atomic mass is 10.0. The van der Waals surface area contributed by atoms with E-state index >= 15 is 4.39 Å². The number of pyridine rings is 1. The van der Waals surface area contributed by atoms with Gasteiger partial charge in [-0.15, -0.1) is 0 Å². The molecule has 1 saturated heterocycles. The molecule has 1 fully saturated rings. The molecule has 0 saturated carbocycles. The third-order valence-electron chi connectivity index (χ3n) is 5.85. The maximum atomic E-state index is 15.1. The minimum Gasteiger partial charge on any atom is -0.492 e. The highest BCUT2D eigenvalue weighted by molar-refractivity contribution is 6.32. The topological polar surface area (TPSA) is 84.8 Å². The number of halogens is 2. The zero-order chi connectivity index (χ0) is 22.1. The molecule has 0 bridgehead atoms. The summed E-state index contributed by atoms with van der Waals surface area (Å²) in [6.07, 6.45) is 3.74. The normalized spacial score (nSPS) is 16.7. The van der Waals surface area contributed by atoms with E-state index in [9.17, 15) is 4.79 Å². The summed E-state index contributed by atoms with van der Waals surface area (Å²) < 4.78 is 27.7. The number of fused-ring (bicyclic) bond motifs is 1. The molecular weight excluding hydrogens is 427 g/mol. The van der Waals surface area contributed by atoms with E-state index < -0.39 is 5.82 Å². The van der Waals surface area contributed by atoms with Gasteiger partial charge in [-0.3, -0.25) is 4.68 Å². The number of ether oxygens (including phenoxy) is 2. The van der Waals surface area contributed by atoms with Crippen molar-refractivity contribution >= 4 is 29.3 Å². The van der Waals surface area contributed by atoms with E-state index in [1.807, 2.05) is 4.68 Å². The van der Waals surface area contributed by atoms with Crippen LogP contribution in [0.2, 0.25) is 5.02 Å². The summed E-state index contributed by atoms with van der Waals surface area (Å²) >= 11 is 6.01. The molecule has 4 rings (SSSR count). The smallest absolute Gasteiger partial charge is 0.317 e. The number of nitrogens with zero attached hydrogens (tertiary/aromatic N) is 5. The molecule has 4 heterocycles. The minimum atomic E-state index is -0.661. The molecule has 2 aromatic rings. The molecular formula is C20H26ClFN6O3. The standard InChI is InChI=1S/C20H26ClFN6O3/c1-23-20(29)27-7-4-15-13(11-27)18(25-28(15)12-5-8-31-9-6-12)26(2)19-16(22)17(30-3)14(21)10-24-19/h10,12H,4-9,11H2,1-3H3,(H,23,29). The lowest BCUT2D eigenvalue weighted by Crippen LogP contribution is -2.41. The third-order valence-corrected chi connectivity index (χ3v) is 6.12. The highest BCUT2D eigenvalue weighted by atomic mass is 35.5. The Balaban J connectivity index is 1.78. The summed E-state index contributed by atoms with van der Waals surface area (Å²) in [6.45, 7) is 2.33. The number of carbonyl (C=O) groups excluding carboxylic acids is 1. The Labute approximate surface area is 185 Å². The lowest BCUT2D eigenvalue weighted by molar-refractivity contribution is 0.0651. The Morgan fingerprint density at radius 2 is 2.13 bits per heavy atom. The predicted octanol–water partition coefficient (Wildman–Crippen LogP) is 2.90. The van der Waals surface area contributed by atoms with E-state index in [1.165, 1.54) is 13.3 Å². The van der Waals surface area contributed by atoms with Gasteiger partial charge in [-0.1, -0.05) is 11.6 Å². The van der Waals surface area contributed by atoms with Crippen LogP contribution in [0.5, 0.6) is 5.75 Å². The maximum absolute atomic E-state index is 15.1. The fourth-order valence-corrected chi connectivity index (χ4v) is 4.43. The molecule has 2 aromatic heterocycles. The van der Waals surface area contributed by atoms with Gasteiger partial charge in [0, 0.05) is 51.5 Å². The number of carbonyl (C=O) groups is 1. The van der Waals surface area contributed by atoms with Crippen LogP contribution in [0, 0.1) is 5.82 Å². The first-order valence-corrected chi connectivity index (χ1v) is 10.6. The van der Waals surface area contributed by atoms with Crippen molar-refractivity contribution in [2.75, 3.05) is 45.9 Å². The van der Waals surface area contributed by atoms with Crippen molar-refractivity contribution in [3.8, 4) is 5.75 Å². The summed E-state index contributed by atoms with van der Waals surface area (Å²) in [6, 6.07) is 0.0456. The first kappa shape index (κ1) is 21.6. The largest absolute Gasteiger partial charge is 0.492 e. The Bertz CT molecular complexity index is 978. The fourth-order valence-electron chi connectivity index (χ4n) is 4.22. The molecule has 2 aliphatic heterocycles. The van der Waals surface area contributed by atoms with Crippen molar-refractivity contribution in [1.82, 2.24) is 25.0 Å². The van der Waals surface area contributed by atoms with E-state index in [4.69, 9.17) is 26.2 Å². The predicted molar refractivity (Wildman–Crippen MR) is 114 cm³/mol. The maximum Gasteiger partial charge on any atom is 0.317 e. The van der Waals surface area contributed by atoms with Gasteiger partial charge in [0.25, 0.3) is 0 Å². The average Bonchev–Trinajstić information content (AvgIpc) is 3.18. The molecule has 0 spiro atoms. The van der Waals surface area contributed by atoms with Crippen LogP contribution in [0.3, 0.4) is 0 Å². The average molecular weight is 453 g/mol. The monoisotopic (exact) mass is 452 g/mol. The number of hydrogen-bond acceptors (Lipinski definition) is 6. The van der Waals surface area contributed by atoms with Gasteiger partial charge in [0.2, 0.25) is 5.82 Å². The molecule has 168 valence electrons. The van der Waals surface area contributed by atoms with Gasteiger partial charge in [-0.25, -0.2) is 9.78 Å². The molecule has 11 heteroatoms. The molecule has 2 amide bonds. The Morgan fingerprint density at radius 3 is 2.81 bits per heavy atom. The van der Waals surface area contributed by atoms with E-state index in [-0.39, 0.29) is 28.7 Å². The van der Waals surface area contributed by atoms with Crippen LogP contribution in [-0.2, 0) is 17.7 Å². The van der Waals surface area contributed by atoms with E-state index in [0.29, 0.717) is 38.5 Å². The van der Waals surface area contributed by atoms with Crippen molar-refractivity contribution in [2.24, 2.45) is 0 Å². The van der Waals surface area contributed by atoms with Gasteiger partial charge >= 0.3 is 6.03 Å². The van der Waals surface area contributed by atoms with E-state index in [2.05, 4.69) is 10.3 Å². The van der Waals surface area contributed by atoms with Gasteiger partial charge in [0.15, 0.2) is 17.4 Å². The first-order chi connectivity index (χ1) is 15.0. The van der Waals surface area contributed by atoms with Crippen molar-refractivity contribution in [1.29, 1.82) is 0 Å². The molecule has 0 radical (unpaired) electrons. The molecule has 2 aliphatic rings. The number of amides is 2. The van der Waals surface area contributed by atoms with Crippen molar-refractivity contribution in [3.63, 3.8) is 0 Å². The quantitative estimate of drug-likeness (QED) is 0.767. The number of anilines is 2. The van der Waals surface area contributed by atoms with Crippen molar-refractivity contribution in [3.05, 3.63) is 28.3 Å². The molecule has 0 aromatic carbocycles. The van der Waals surface area contributed by atoms with Crippen LogP contribution in [0.15, 0.2) is 6.20 Å². The zero-order valence-electron chi connectivity index (χ0n) is 17.8. The van der Waals surface area contributed by atoms with Crippen LogP contribution in [0.4, 0.5) is 20.8 Å². The van der Waals surface area contributed by atoms with E-state index in [1.54, 1.807) is 23.9 Å². The van der Waals surface area contributed by atoms with Crippen LogP contribution in [0.25, 0.3) is 0 Å². The van der Waals surface area contributed by atoms with Crippen LogP contribution >= 0.6 is 11.6 Å². The highest BCUT2D eigenvalue weighted by Gasteiger charge is 2.33. The molecule has 31 heavy (non-hydrogen) atoms. The first-order valence-electron chi connectivity index (χ1n) is 10.2. The van der Waals surface area contributed by atoms with Crippen LogP contribution < -0.4 is 15.0 Å².